The van der Waals surface area contributed by atoms with Crippen molar-refractivity contribution >= 4 is 17.9 Å². The first-order chi connectivity index (χ1) is 24.3. The molecule has 0 heterocycles. The van der Waals surface area contributed by atoms with Gasteiger partial charge >= 0.3 is 17.9 Å². The number of aliphatic hydroxyl groups excluding tert-OH is 1. The van der Waals surface area contributed by atoms with E-state index < -0.39 is 11.5 Å². The van der Waals surface area contributed by atoms with Crippen molar-refractivity contribution in [3.05, 3.63) is 0 Å². The molecule has 0 radical (unpaired) electrons. The first kappa shape index (κ1) is 46.4. The van der Waals surface area contributed by atoms with Gasteiger partial charge in [-0.1, -0.05) is 136 Å². The molecule has 1 saturated carbocycles. The molecule has 1 N–H and O–H groups in total. The minimum Gasteiger partial charge on any atom is -0.466 e. The second-order valence-electron chi connectivity index (χ2n) is 15.2. The topological polar surface area (TPSA) is 99.1 Å². The Bertz CT molecular complexity index is 845. The van der Waals surface area contributed by atoms with Crippen LogP contribution < -0.4 is 0 Å². The Hall–Kier alpha value is -1.63. The Balaban J connectivity index is 2.49. The summed E-state index contributed by atoms with van der Waals surface area (Å²) in [6.45, 7) is 8.78. The third-order valence-electron chi connectivity index (χ3n) is 11.0. The van der Waals surface area contributed by atoms with Crippen LogP contribution in [0.2, 0.25) is 0 Å². The molecule has 1 rings (SSSR count). The van der Waals surface area contributed by atoms with Crippen LogP contribution in [0, 0.1) is 11.3 Å². The maximum Gasteiger partial charge on any atom is 0.314 e. The van der Waals surface area contributed by atoms with E-state index in [4.69, 9.17) is 14.2 Å². The van der Waals surface area contributed by atoms with Gasteiger partial charge in [0.2, 0.25) is 0 Å². The predicted molar refractivity (Wildman–Crippen MR) is 205 cm³/mol. The molecule has 1 aliphatic rings. The molecule has 0 aromatic carbocycles. The molecule has 1 fully saturated rings. The lowest BCUT2D eigenvalue weighted by Crippen LogP contribution is -2.45. The Labute approximate surface area is 308 Å². The van der Waals surface area contributed by atoms with Crippen LogP contribution in [0.25, 0.3) is 0 Å². The van der Waals surface area contributed by atoms with E-state index in [1.165, 1.54) is 83.5 Å². The van der Waals surface area contributed by atoms with Crippen LogP contribution in [0.5, 0.6) is 0 Å². The van der Waals surface area contributed by atoms with Crippen molar-refractivity contribution in [3.63, 3.8) is 0 Å². The molecular weight excluding hydrogens is 628 g/mol. The number of unbranched alkanes of at least 4 members (excludes halogenated alkanes) is 19. The van der Waals surface area contributed by atoms with E-state index >= 15 is 0 Å². The predicted octanol–water partition coefficient (Wildman–Crippen LogP) is 11.7. The zero-order valence-electron chi connectivity index (χ0n) is 33.3. The summed E-state index contributed by atoms with van der Waals surface area (Å²) in [5, 5.41) is 11.2. The molecule has 0 saturated heterocycles. The molecular formula is C43H80O7. The van der Waals surface area contributed by atoms with Gasteiger partial charge in [0.05, 0.1) is 24.7 Å². The number of aliphatic hydroxyl groups is 1. The molecule has 0 aliphatic heterocycles. The molecule has 0 bridgehead atoms. The summed E-state index contributed by atoms with van der Waals surface area (Å²) in [5.74, 6) is -0.536. The quantitative estimate of drug-likeness (QED) is 0.0403. The first-order valence-corrected chi connectivity index (χ1v) is 21.6. The summed E-state index contributed by atoms with van der Waals surface area (Å²) in [5.41, 5.74) is -0.914. The average Bonchev–Trinajstić information content (AvgIpc) is 3.42. The van der Waals surface area contributed by atoms with Crippen molar-refractivity contribution in [2.24, 2.45) is 11.3 Å². The van der Waals surface area contributed by atoms with Crippen molar-refractivity contribution in [2.75, 3.05) is 13.2 Å². The normalized spacial score (nSPS) is 19.4. The molecule has 50 heavy (non-hydrogen) atoms. The van der Waals surface area contributed by atoms with Crippen molar-refractivity contribution in [1.82, 2.24) is 0 Å². The van der Waals surface area contributed by atoms with Gasteiger partial charge in [-0.25, -0.2) is 0 Å². The van der Waals surface area contributed by atoms with Gasteiger partial charge in [-0.3, -0.25) is 14.4 Å². The van der Waals surface area contributed by atoms with Crippen molar-refractivity contribution in [3.8, 4) is 0 Å². The molecule has 7 heteroatoms. The molecule has 0 aromatic heterocycles. The first-order valence-electron chi connectivity index (χ1n) is 21.6. The van der Waals surface area contributed by atoms with E-state index in [0.29, 0.717) is 38.7 Å². The van der Waals surface area contributed by atoms with Gasteiger partial charge in [-0.05, 0) is 77.6 Å². The van der Waals surface area contributed by atoms with E-state index in [0.717, 1.165) is 77.0 Å². The van der Waals surface area contributed by atoms with Crippen LogP contribution in [0.15, 0.2) is 0 Å². The third-order valence-corrected chi connectivity index (χ3v) is 11.0. The van der Waals surface area contributed by atoms with Crippen molar-refractivity contribution in [2.45, 2.75) is 233 Å². The molecule has 0 amide bonds. The van der Waals surface area contributed by atoms with Crippen molar-refractivity contribution < 1.29 is 33.7 Å². The van der Waals surface area contributed by atoms with Gasteiger partial charge in [0.1, 0.15) is 6.10 Å². The molecule has 0 aromatic rings. The number of carbonyl (C=O) groups is 3. The monoisotopic (exact) mass is 709 g/mol. The largest absolute Gasteiger partial charge is 0.466 e. The fraction of sp³-hybridized carbons (Fsp3) is 0.930. The molecule has 0 spiro atoms. The average molecular weight is 709 g/mol. The molecule has 1 aliphatic carbocycles. The van der Waals surface area contributed by atoms with Gasteiger partial charge in [-0.15, -0.1) is 0 Å². The Morgan fingerprint density at radius 3 is 1.60 bits per heavy atom. The Morgan fingerprint density at radius 2 is 1.06 bits per heavy atom. The fourth-order valence-electron chi connectivity index (χ4n) is 8.02. The van der Waals surface area contributed by atoms with E-state index in [2.05, 4.69) is 13.8 Å². The summed E-state index contributed by atoms with van der Waals surface area (Å²) in [7, 11) is 0. The lowest BCUT2D eigenvalue weighted by Gasteiger charge is -2.36. The number of rotatable bonds is 34. The van der Waals surface area contributed by atoms with Crippen LogP contribution in [-0.2, 0) is 28.6 Å². The number of hydrogen-bond acceptors (Lipinski definition) is 7. The molecule has 7 nitrogen and oxygen atoms in total. The number of ether oxygens (including phenoxy) is 3. The van der Waals surface area contributed by atoms with Gasteiger partial charge in [0, 0.05) is 12.8 Å². The fourth-order valence-corrected chi connectivity index (χ4v) is 8.02. The molecule has 4 atom stereocenters. The van der Waals surface area contributed by atoms with E-state index in [1.54, 1.807) is 0 Å². The zero-order chi connectivity index (χ0) is 36.7. The highest BCUT2D eigenvalue weighted by Crippen LogP contribution is 2.50. The van der Waals surface area contributed by atoms with E-state index in [9.17, 15) is 19.5 Å². The Morgan fingerprint density at radius 1 is 0.580 bits per heavy atom. The molecule has 294 valence electrons. The van der Waals surface area contributed by atoms with Gasteiger partial charge < -0.3 is 19.3 Å². The zero-order valence-corrected chi connectivity index (χ0v) is 33.3. The Kier molecular flexibility index (Phi) is 28.7. The lowest BCUT2D eigenvalue weighted by molar-refractivity contribution is -0.166. The molecule has 4 unspecified atom stereocenters. The highest BCUT2D eigenvalue weighted by molar-refractivity contribution is 5.78. The number of carbonyl (C=O) groups excluding carboxylic acids is 3. The maximum atomic E-state index is 13.5. The van der Waals surface area contributed by atoms with Gasteiger partial charge in [0.25, 0.3) is 0 Å². The minimum absolute atomic E-state index is 0.000918. The third kappa shape index (κ3) is 20.4. The second kappa shape index (κ2) is 30.9. The van der Waals surface area contributed by atoms with Crippen LogP contribution >= 0.6 is 0 Å². The highest BCUT2D eigenvalue weighted by Gasteiger charge is 2.55. The lowest BCUT2D eigenvalue weighted by atomic mass is 9.70. The van der Waals surface area contributed by atoms with Crippen molar-refractivity contribution in [1.29, 1.82) is 0 Å². The van der Waals surface area contributed by atoms with Crippen LogP contribution in [0.1, 0.15) is 220 Å². The van der Waals surface area contributed by atoms with Crippen LogP contribution in [-0.4, -0.2) is 48.4 Å². The number of esters is 3. The van der Waals surface area contributed by atoms with Gasteiger partial charge in [-0.2, -0.15) is 0 Å². The smallest absolute Gasteiger partial charge is 0.314 e. The van der Waals surface area contributed by atoms with E-state index in [-0.39, 0.29) is 36.5 Å². The van der Waals surface area contributed by atoms with Crippen LogP contribution in [0.3, 0.4) is 0 Å². The van der Waals surface area contributed by atoms with Crippen LogP contribution in [0.4, 0.5) is 0 Å². The van der Waals surface area contributed by atoms with Gasteiger partial charge in [0.15, 0.2) is 0 Å². The standard InChI is InChI=1S/C43H80O7/c1-5-9-11-12-13-14-15-16-17-18-19-20-21-22-27-31-41(46)50-38(29-25-10-6-2)34-32-37-33-35-39(44)43(37,42(47)49-8-4)36-28-24-23-26-30-40(45)48-7-3/h37-39,44H,5-36H2,1-4H3. The summed E-state index contributed by atoms with van der Waals surface area (Å²) in [4.78, 5) is 38.1. The number of hydrogen-bond donors (Lipinski definition) is 1. The van der Waals surface area contributed by atoms with E-state index in [1.807, 2.05) is 13.8 Å². The SMILES string of the molecule is CCCCCCCCCCCCCCCCCC(=O)OC(CCCCC)CCC1CCC(O)C1(CCCCCCC(=O)OCC)C(=O)OCC. The summed E-state index contributed by atoms with van der Waals surface area (Å²) >= 11 is 0. The maximum absolute atomic E-state index is 13.5. The summed E-state index contributed by atoms with van der Waals surface area (Å²) in [6, 6.07) is 0. The summed E-state index contributed by atoms with van der Waals surface area (Å²) < 4.78 is 16.7. The minimum atomic E-state index is -0.914. The summed E-state index contributed by atoms with van der Waals surface area (Å²) in [6.07, 6.45) is 30.4. The highest BCUT2D eigenvalue weighted by atomic mass is 16.5. The second-order valence-corrected chi connectivity index (χ2v) is 15.2.